The Balaban J connectivity index is 1.46. The van der Waals surface area contributed by atoms with Crippen LogP contribution in [-0.4, -0.2) is 42.8 Å². The predicted octanol–water partition coefficient (Wildman–Crippen LogP) is 3.21. The van der Waals surface area contributed by atoms with Crippen molar-refractivity contribution in [2.45, 2.75) is 75.7 Å². The van der Waals surface area contributed by atoms with Crippen LogP contribution >= 0.6 is 0 Å². The molecule has 0 saturated heterocycles. The zero-order valence-corrected chi connectivity index (χ0v) is 17.7. The van der Waals surface area contributed by atoms with E-state index in [9.17, 15) is 5.11 Å². The SMILES string of the molecule is NC1CCC(Nc2nc(NCc3ccccc3)c3ncn(C4CCCC4)c3n2)C(O)C1. The second kappa shape index (κ2) is 8.80. The fourth-order valence-corrected chi connectivity index (χ4v) is 4.85. The third-order valence-electron chi connectivity index (χ3n) is 6.61. The molecule has 2 aliphatic rings. The van der Waals surface area contributed by atoms with Gasteiger partial charge in [-0.25, -0.2) is 4.98 Å². The normalized spacial score (nSPS) is 24.5. The first kappa shape index (κ1) is 20.2. The van der Waals surface area contributed by atoms with Crippen LogP contribution in [0, 0.1) is 0 Å². The van der Waals surface area contributed by atoms with Crippen LogP contribution in [0.25, 0.3) is 11.2 Å². The number of imidazole rings is 1. The zero-order chi connectivity index (χ0) is 21.2. The Morgan fingerprint density at radius 1 is 1.06 bits per heavy atom. The number of hydrogen-bond donors (Lipinski definition) is 4. The molecule has 1 aromatic carbocycles. The molecule has 0 amide bonds. The van der Waals surface area contributed by atoms with Gasteiger partial charge in [-0.2, -0.15) is 9.97 Å². The lowest BCUT2D eigenvalue weighted by Gasteiger charge is -2.31. The van der Waals surface area contributed by atoms with Crippen LogP contribution < -0.4 is 16.4 Å². The number of nitrogens with one attached hydrogen (secondary N) is 2. The summed E-state index contributed by atoms with van der Waals surface area (Å²) in [6, 6.07) is 10.7. The van der Waals surface area contributed by atoms with Crippen LogP contribution in [0.3, 0.4) is 0 Å². The minimum atomic E-state index is -0.497. The van der Waals surface area contributed by atoms with E-state index in [2.05, 4.69) is 32.3 Å². The zero-order valence-electron chi connectivity index (χ0n) is 17.7. The Morgan fingerprint density at radius 2 is 1.87 bits per heavy atom. The highest BCUT2D eigenvalue weighted by atomic mass is 16.3. The van der Waals surface area contributed by atoms with Crippen molar-refractivity contribution in [2.24, 2.45) is 5.73 Å². The van der Waals surface area contributed by atoms with Gasteiger partial charge in [0.15, 0.2) is 17.0 Å². The second-order valence-electron chi connectivity index (χ2n) is 8.89. The highest BCUT2D eigenvalue weighted by Gasteiger charge is 2.28. The molecule has 0 bridgehead atoms. The number of aromatic nitrogens is 4. The summed E-state index contributed by atoms with van der Waals surface area (Å²) in [5.74, 6) is 1.25. The maximum absolute atomic E-state index is 10.5. The molecule has 2 saturated carbocycles. The molecule has 2 aliphatic carbocycles. The average molecular weight is 422 g/mol. The van der Waals surface area contributed by atoms with Crippen molar-refractivity contribution in [2.75, 3.05) is 10.6 Å². The average Bonchev–Trinajstić information content (AvgIpc) is 3.44. The molecule has 5 rings (SSSR count). The number of aliphatic hydroxyl groups is 1. The van der Waals surface area contributed by atoms with E-state index in [0.29, 0.717) is 25.0 Å². The smallest absolute Gasteiger partial charge is 0.227 e. The molecule has 2 fully saturated rings. The molecule has 8 nitrogen and oxygen atoms in total. The summed E-state index contributed by atoms with van der Waals surface area (Å²) in [4.78, 5) is 14.3. The first-order chi connectivity index (χ1) is 15.2. The third kappa shape index (κ3) is 4.36. The van der Waals surface area contributed by atoms with E-state index in [0.717, 1.165) is 42.7 Å². The molecule has 3 atom stereocenters. The van der Waals surface area contributed by atoms with E-state index in [1.165, 1.54) is 18.4 Å². The van der Waals surface area contributed by atoms with Gasteiger partial charge in [0.2, 0.25) is 5.95 Å². The molecule has 164 valence electrons. The lowest BCUT2D eigenvalue weighted by atomic mass is 9.89. The monoisotopic (exact) mass is 421 g/mol. The third-order valence-corrected chi connectivity index (χ3v) is 6.61. The minimum absolute atomic E-state index is 0.0587. The quantitative estimate of drug-likeness (QED) is 0.483. The maximum atomic E-state index is 10.5. The number of rotatable bonds is 6. The van der Waals surface area contributed by atoms with Gasteiger partial charge in [-0.3, -0.25) is 0 Å². The second-order valence-corrected chi connectivity index (χ2v) is 8.89. The lowest BCUT2D eigenvalue weighted by molar-refractivity contribution is 0.107. The Morgan fingerprint density at radius 3 is 2.65 bits per heavy atom. The summed E-state index contributed by atoms with van der Waals surface area (Å²) in [6.07, 6.45) is 8.49. The molecule has 2 aromatic heterocycles. The number of hydrogen-bond acceptors (Lipinski definition) is 7. The van der Waals surface area contributed by atoms with Crippen molar-refractivity contribution in [1.82, 2.24) is 19.5 Å². The summed E-state index contributed by atoms with van der Waals surface area (Å²) < 4.78 is 2.20. The summed E-state index contributed by atoms with van der Waals surface area (Å²) in [6.45, 7) is 0.656. The molecule has 3 unspecified atom stereocenters. The van der Waals surface area contributed by atoms with Gasteiger partial charge in [0.1, 0.15) is 0 Å². The van der Waals surface area contributed by atoms with Gasteiger partial charge in [0, 0.05) is 18.6 Å². The van der Waals surface area contributed by atoms with Crippen LogP contribution in [0.2, 0.25) is 0 Å². The Hall–Kier alpha value is -2.71. The van der Waals surface area contributed by atoms with Crippen LogP contribution in [0.15, 0.2) is 36.7 Å². The van der Waals surface area contributed by atoms with Crippen molar-refractivity contribution >= 4 is 22.9 Å². The van der Waals surface area contributed by atoms with Crippen molar-refractivity contribution in [1.29, 1.82) is 0 Å². The van der Waals surface area contributed by atoms with E-state index < -0.39 is 6.10 Å². The van der Waals surface area contributed by atoms with Gasteiger partial charge < -0.3 is 26.0 Å². The molecule has 31 heavy (non-hydrogen) atoms. The number of nitrogens with two attached hydrogens (primary N) is 1. The molecule has 0 spiro atoms. The van der Waals surface area contributed by atoms with Crippen molar-refractivity contribution < 1.29 is 5.11 Å². The number of aliphatic hydroxyl groups excluding tert-OH is 1. The minimum Gasteiger partial charge on any atom is -0.391 e. The maximum Gasteiger partial charge on any atom is 0.227 e. The largest absolute Gasteiger partial charge is 0.391 e. The molecule has 0 radical (unpaired) electrons. The summed E-state index contributed by atoms with van der Waals surface area (Å²) in [5, 5.41) is 17.3. The molecule has 8 heteroatoms. The van der Waals surface area contributed by atoms with E-state index in [1.54, 1.807) is 0 Å². The summed E-state index contributed by atoms with van der Waals surface area (Å²) >= 11 is 0. The van der Waals surface area contributed by atoms with Gasteiger partial charge in [-0.1, -0.05) is 43.2 Å². The van der Waals surface area contributed by atoms with Crippen molar-refractivity contribution in [3.05, 3.63) is 42.2 Å². The predicted molar refractivity (Wildman–Crippen MR) is 122 cm³/mol. The van der Waals surface area contributed by atoms with E-state index >= 15 is 0 Å². The Kier molecular flexibility index (Phi) is 5.74. The molecular weight excluding hydrogens is 390 g/mol. The van der Waals surface area contributed by atoms with Gasteiger partial charge >= 0.3 is 0 Å². The van der Waals surface area contributed by atoms with Gasteiger partial charge in [0.05, 0.1) is 18.5 Å². The number of fused-ring (bicyclic) bond motifs is 1. The molecule has 5 N–H and O–H groups in total. The van der Waals surface area contributed by atoms with Crippen LogP contribution in [0.1, 0.15) is 56.6 Å². The first-order valence-corrected chi connectivity index (χ1v) is 11.4. The summed E-state index contributed by atoms with van der Waals surface area (Å²) in [7, 11) is 0. The summed E-state index contributed by atoms with van der Waals surface area (Å²) in [5.41, 5.74) is 8.83. The Bertz CT molecular complexity index is 1020. The van der Waals surface area contributed by atoms with Gasteiger partial charge in [-0.05, 0) is 37.7 Å². The van der Waals surface area contributed by atoms with Crippen LogP contribution in [0.5, 0.6) is 0 Å². The highest BCUT2D eigenvalue weighted by molar-refractivity contribution is 5.84. The van der Waals surface area contributed by atoms with Crippen molar-refractivity contribution in [3.8, 4) is 0 Å². The van der Waals surface area contributed by atoms with Crippen molar-refractivity contribution in [3.63, 3.8) is 0 Å². The van der Waals surface area contributed by atoms with Gasteiger partial charge in [-0.15, -0.1) is 0 Å². The standard InChI is InChI=1S/C23H31N7O/c24-16-10-11-18(19(31)12-16)27-23-28-21(25-13-15-6-2-1-3-7-15)20-22(29-23)30(14-26-20)17-8-4-5-9-17/h1-3,6-7,14,16-19,31H,4-5,8-13,24H2,(H2,25,27,28,29). The molecule has 2 heterocycles. The molecular formula is C23H31N7O. The van der Waals surface area contributed by atoms with E-state index in [-0.39, 0.29) is 12.1 Å². The van der Waals surface area contributed by atoms with Gasteiger partial charge in [0.25, 0.3) is 0 Å². The van der Waals surface area contributed by atoms with Crippen LogP contribution in [0.4, 0.5) is 11.8 Å². The number of nitrogens with zero attached hydrogens (tertiary/aromatic N) is 4. The highest BCUT2D eigenvalue weighted by Crippen LogP contribution is 2.33. The fraction of sp³-hybridized carbons (Fsp3) is 0.522. The van der Waals surface area contributed by atoms with E-state index in [4.69, 9.17) is 15.7 Å². The Labute approximate surface area is 182 Å². The number of benzene rings is 1. The van der Waals surface area contributed by atoms with E-state index in [1.807, 2.05) is 24.5 Å². The number of anilines is 2. The fourth-order valence-electron chi connectivity index (χ4n) is 4.85. The topological polar surface area (TPSA) is 114 Å². The molecule has 0 aliphatic heterocycles. The molecule has 3 aromatic rings. The lowest BCUT2D eigenvalue weighted by Crippen LogP contribution is -2.44. The van der Waals surface area contributed by atoms with Crippen LogP contribution in [-0.2, 0) is 6.54 Å². The first-order valence-electron chi connectivity index (χ1n) is 11.4.